The molecule has 4 rings (SSSR count). The number of allylic oxidation sites excluding steroid dienone is 3. The highest BCUT2D eigenvalue weighted by Gasteiger charge is 2.45. The van der Waals surface area contributed by atoms with Crippen LogP contribution >= 0.6 is 11.8 Å². The summed E-state index contributed by atoms with van der Waals surface area (Å²) >= 11 is 1.58. The van der Waals surface area contributed by atoms with Gasteiger partial charge >= 0.3 is 0 Å². The van der Waals surface area contributed by atoms with Crippen molar-refractivity contribution in [3.63, 3.8) is 0 Å². The van der Waals surface area contributed by atoms with Gasteiger partial charge in [-0.3, -0.25) is 14.4 Å². The molecule has 1 aromatic rings. The number of nitrogens with one attached hydrogen (secondary N) is 2. The lowest BCUT2D eigenvalue weighted by Gasteiger charge is -2.39. The zero-order chi connectivity index (χ0) is 20.7. The Morgan fingerprint density at radius 2 is 1.97 bits per heavy atom. The topological polar surface area (TPSA) is 78.5 Å². The van der Waals surface area contributed by atoms with E-state index < -0.39 is 12.1 Å². The third-order valence-electron chi connectivity index (χ3n) is 6.08. The second kappa shape index (κ2) is 7.71. The average molecular weight is 412 g/mol. The third kappa shape index (κ3) is 3.27. The fourth-order valence-corrected chi connectivity index (χ4v) is 5.13. The summed E-state index contributed by atoms with van der Waals surface area (Å²) in [7, 11) is 1.78. The highest BCUT2D eigenvalue weighted by atomic mass is 32.2. The zero-order valence-corrected chi connectivity index (χ0v) is 17.6. The van der Waals surface area contributed by atoms with Crippen LogP contribution in [0.2, 0.25) is 0 Å². The van der Waals surface area contributed by atoms with E-state index in [0.29, 0.717) is 17.7 Å². The molecular weight excluding hydrogens is 386 g/mol. The lowest BCUT2D eigenvalue weighted by atomic mass is 9.80. The summed E-state index contributed by atoms with van der Waals surface area (Å²) < 4.78 is 0. The number of piperazine rings is 1. The van der Waals surface area contributed by atoms with Crippen LogP contribution in [0, 0.1) is 5.92 Å². The second-order valence-corrected chi connectivity index (χ2v) is 8.71. The van der Waals surface area contributed by atoms with E-state index in [0.717, 1.165) is 16.9 Å². The smallest absolute Gasteiger partial charge is 0.243 e. The molecule has 152 valence electrons. The first kappa shape index (κ1) is 19.8. The molecule has 0 unspecified atom stereocenters. The SMILES string of the molecule is CSC[C@@H]1N/C(=C2\CC=CC2=O)[C@H]([C@@H](C)[C@@H]2C(=O)N(C)c3ccccc32)NC1=O. The summed E-state index contributed by atoms with van der Waals surface area (Å²) in [6, 6.07) is 6.95. The van der Waals surface area contributed by atoms with Gasteiger partial charge in [-0.2, -0.15) is 11.8 Å². The summed E-state index contributed by atoms with van der Waals surface area (Å²) in [4.78, 5) is 39.9. The predicted octanol–water partition coefficient (Wildman–Crippen LogP) is 1.99. The molecule has 4 atom stereocenters. The highest BCUT2D eigenvalue weighted by molar-refractivity contribution is 7.98. The Balaban J connectivity index is 1.73. The van der Waals surface area contributed by atoms with Crippen LogP contribution in [0.4, 0.5) is 5.69 Å². The number of benzene rings is 1. The molecule has 1 aromatic carbocycles. The van der Waals surface area contributed by atoms with Gasteiger partial charge in [0.2, 0.25) is 11.8 Å². The van der Waals surface area contributed by atoms with Gasteiger partial charge in [-0.25, -0.2) is 0 Å². The molecule has 6 nitrogen and oxygen atoms in total. The third-order valence-corrected chi connectivity index (χ3v) is 6.75. The quantitative estimate of drug-likeness (QED) is 0.741. The van der Waals surface area contributed by atoms with E-state index >= 15 is 0 Å². The molecule has 0 aromatic heterocycles. The van der Waals surface area contributed by atoms with Gasteiger partial charge in [-0.1, -0.05) is 31.2 Å². The average Bonchev–Trinajstić information content (AvgIpc) is 3.24. The summed E-state index contributed by atoms with van der Waals surface area (Å²) in [5, 5.41) is 6.46. The number of fused-ring (bicyclic) bond motifs is 1. The molecule has 1 aliphatic carbocycles. The zero-order valence-electron chi connectivity index (χ0n) is 16.8. The van der Waals surface area contributed by atoms with Gasteiger partial charge in [0.15, 0.2) is 5.78 Å². The number of likely N-dealkylation sites (N-methyl/N-ethyl adjacent to an activating group) is 1. The van der Waals surface area contributed by atoms with Gasteiger partial charge in [0.1, 0.15) is 6.04 Å². The minimum atomic E-state index is -0.423. The van der Waals surface area contributed by atoms with Crippen LogP contribution in [0.25, 0.3) is 0 Å². The fraction of sp³-hybridized carbons (Fsp3) is 0.409. The van der Waals surface area contributed by atoms with Crippen LogP contribution < -0.4 is 15.5 Å². The van der Waals surface area contributed by atoms with Crippen LogP contribution in [0.5, 0.6) is 0 Å². The van der Waals surface area contributed by atoms with Crippen molar-refractivity contribution in [3.8, 4) is 0 Å². The van der Waals surface area contributed by atoms with E-state index in [9.17, 15) is 14.4 Å². The van der Waals surface area contributed by atoms with Crippen LogP contribution in [0.15, 0.2) is 47.7 Å². The van der Waals surface area contributed by atoms with E-state index in [-0.39, 0.29) is 29.4 Å². The Morgan fingerprint density at radius 3 is 2.66 bits per heavy atom. The lowest BCUT2D eigenvalue weighted by Crippen LogP contribution is -2.60. The highest BCUT2D eigenvalue weighted by Crippen LogP contribution is 2.43. The molecule has 0 spiro atoms. The molecule has 1 fully saturated rings. The number of nitrogens with zero attached hydrogens (tertiary/aromatic N) is 1. The molecule has 0 saturated carbocycles. The number of rotatable bonds is 4. The molecule has 2 amide bonds. The van der Waals surface area contributed by atoms with Crippen molar-refractivity contribution >= 4 is 35.0 Å². The van der Waals surface area contributed by atoms with Crippen molar-refractivity contribution < 1.29 is 14.4 Å². The van der Waals surface area contributed by atoms with E-state index in [1.54, 1.807) is 29.8 Å². The Labute approximate surface area is 174 Å². The standard InChI is InChI=1S/C22H25N3O3S/c1-12(18-13-7-4-5-9-16(13)25(2)22(18)28)19-20(14-8-6-10-17(14)26)23-15(11-29-3)21(27)24-19/h4-7,9-10,12,15,18-19,23H,8,11H2,1-3H3,(H,24,27)/b20-14+/t12-,15-,18-,19-/m0/s1. The summed E-state index contributed by atoms with van der Waals surface area (Å²) in [6.45, 7) is 1.98. The monoisotopic (exact) mass is 411 g/mol. The molecule has 0 bridgehead atoms. The molecular formula is C22H25N3O3S. The maximum atomic E-state index is 13.1. The first-order valence-corrected chi connectivity index (χ1v) is 11.2. The molecule has 2 N–H and O–H groups in total. The fourth-order valence-electron chi connectivity index (χ4n) is 4.57. The number of ketones is 1. The Morgan fingerprint density at radius 1 is 1.21 bits per heavy atom. The normalized spacial score (nSPS) is 29.7. The number of carbonyl (C=O) groups is 3. The molecule has 0 radical (unpaired) electrons. The molecule has 1 saturated heterocycles. The number of carbonyl (C=O) groups excluding carboxylic acids is 3. The van der Waals surface area contributed by atoms with Crippen molar-refractivity contribution in [2.24, 2.45) is 5.92 Å². The van der Waals surface area contributed by atoms with Crippen molar-refractivity contribution in [2.75, 3.05) is 24.0 Å². The van der Waals surface area contributed by atoms with Gasteiger partial charge in [0, 0.05) is 29.8 Å². The summed E-state index contributed by atoms with van der Waals surface area (Å²) in [6.07, 6.45) is 5.91. The Bertz CT molecular complexity index is 939. The number of thioether (sulfide) groups is 1. The van der Waals surface area contributed by atoms with Crippen LogP contribution in [0.1, 0.15) is 24.8 Å². The van der Waals surface area contributed by atoms with Gasteiger partial charge < -0.3 is 15.5 Å². The largest absolute Gasteiger partial charge is 0.374 e. The van der Waals surface area contributed by atoms with Crippen molar-refractivity contribution in [3.05, 3.63) is 53.3 Å². The molecule has 2 aliphatic heterocycles. The van der Waals surface area contributed by atoms with Crippen LogP contribution in [-0.4, -0.2) is 48.7 Å². The first-order chi connectivity index (χ1) is 13.9. The molecule has 2 heterocycles. The number of hydrogen-bond donors (Lipinski definition) is 2. The van der Waals surface area contributed by atoms with Gasteiger partial charge in [0.05, 0.1) is 12.0 Å². The minimum absolute atomic E-state index is 0.0133. The number of amides is 2. The summed E-state index contributed by atoms with van der Waals surface area (Å²) in [5.41, 5.74) is 3.30. The van der Waals surface area contributed by atoms with E-state index in [1.165, 1.54) is 0 Å². The van der Waals surface area contributed by atoms with Crippen molar-refractivity contribution in [2.45, 2.75) is 31.3 Å². The number of para-hydroxylation sites is 1. The van der Waals surface area contributed by atoms with Crippen molar-refractivity contribution in [1.82, 2.24) is 10.6 Å². The maximum absolute atomic E-state index is 13.1. The molecule has 7 heteroatoms. The maximum Gasteiger partial charge on any atom is 0.243 e. The summed E-state index contributed by atoms with van der Waals surface area (Å²) in [5.74, 6) is -0.0830. The van der Waals surface area contributed by atoms with E-state index in [1.807, 2.05) is 43.5 Å². The Kier molecular flexibility index (Phi) is 5.25. The van der Waals surface area contributed by atoms with Crippen LogP contribution in [0.3, 0.4) is 0 Å². The number of anilines is 1. The van der Waals surface area contributed by atoms with Crippen molar-refractivity contribution in [1.29, 1.82) is 0 Å². The molecule has 29 heavy (non-hydrogen) atoms. The minimum Gasteiger partial charge on any atom is -0.374 e. The lowest BCUT2D eigenvalue weighted by molar-refractivity contribution is -0.126. The van der Waals surface area contributed by atoms with Gasteiger partial charge in [-0.15, -0.1) is 0 Å². The Hall–Kier alpha value is -2.54. The van der Waals surface area contributed by atoms with Gasteiger partial charge in [-0.05, 0) is 36.3 Å². The first-order valence-electron chi connectivity index (χ1n) is 9.80. The van der Waals surface area contributed by atoms with Gasteiger partial charge in [0.25, 0.3) is 0 Å². The second-order valence-electron chi connectivity index (χ2n) is 7.79. The van der Waals surface area contributed by atoms with E-state index in [2.05, 4.69) is 10.6 Å². The number of hydrogen-bond acceptors (Lipinski definition) is 5. The molecule has 3 aliphatic rings. The van der Waals surface area contributed by atoms with E-state index in [4.69, 9.17) is 0 Å². The predicted molar refractivity (Wildman–Crippen MR) is 115 cm³/mol. The van der Waals surface area contributed by atoms with Crippen LogP contribution in [-0.2, 0) is 14.4 Å².